The van der Waals surface area contributed by atoms with Crippen LogP contribution in [0, 0.1) is 0 Å². The molecule has 0 bridgehead atoms. The number of carbonyl (C=O) groups excluding carboxylic acids is 1. The number of nitrogens with one attached hydrogen (secondary N) is 1. The molecule has 2 amide bonds. The third kappa shape index (κ3) is 3.83. The molecular formula is C12H14F3N3O3. The molecule has 0 aliphatic heterocycles. The molecule has 0 radical (unpaired) electrons. The molecule has 116 valence electrons. The van der Waals surface area contributed by atoms with Crippen LogP contribution < -0.4 is 5.32 Å². The van der Waals surface area contributed by atoms with Crippen LogP contribution in [-0.2, 0) is 11.3 Å². The maximum atomic E-state index is 12.8. The lowest BCUT2D eigenvalue weighted by Gasteiger charge is -2.30. The highest BCUT2D eigenvalue weighted by atomic mass is 19.4. The first-order valence-corrected chi connectivity index (χ1v) is 5.81. The van der Waals surface area contributed by atoms with Crippen LogP contribution in [0.3, 0.4) is 0 Å². The second-order valence-corrected chi connectivity index (χ2v) is 4.54. The van der Waals surface area contributed by atoms with Gasteiger partial charge < -0.3 is 15.3 Å². The maximum absolute atomic E-state index is 12.8. The van der Waals surface area contributed by atoms with Gasteiger partial charge >= 0.3 is 18.2 Å². The largest absolute Gasteiger partial charge is 0.479 e. The van der Waals surface area contributed by atoms with Gasteiger partial charge in [0.25, 0.3) is 0 Å². The SMILES string of the molecule is CN(Cc1ccccn1)C(=O)NC(C)(C(=O)O)C(F)(F)F. The van der Waals surface area contributed by atoms with Crippen molar-refractivity contribution in [2.45, 2.75) is 25.2 Å². The van der Waals surface area contributed by atoms with Crippen molar-refractivity contribution in [1.82, 2.24) is 15.2 Å². The minimum atomic E-state index is -5.12. The molecule has 0 aromatic carbocycles. The molecule has 0 spiro atoms. The summed E-state index contributed by atoms with van der Waals surface area (Å²) in [5.74, 6) is -2.19. The summed E-state index contributed by atoms with van der Waals surface area (Å²) in [6.45, 7) is 0.335. The quantitative estimate of drug-likeness (QED) is 0.885. The third-order valence-electron chi connectivity index (χ3n) is 2.82. The molecule has 1 rings (SSSR count). The number of halogens is 3. The van der Waals surface area contributed by atoms with Crippen molar-refractivity contribution in [2.24, 2.45) is 0 Å². The van der Waals surface area contributed by atoms with Gasteiger partial charge in [0, 0.05) is 13.2 Å². The molecule has 1 aromatic rings. The highest BCUT2D eigenvalue weighted by Crippen LogP contribution is 2.30. The fourth-order valence-corrected chi connectivity index (χ4v) is 1.36. The van der Waals surface area contributed by atoms with E-state index in [-0.39, 0.29) is 6.54 Å². The van der Waals surface area contributed by atoms with Gasteiger partial charge in [-0.25, -0.2) is 9.59 Å². The summed E-state index contributed by atoms with van der Waals surface area (Å²) in [6.07, 6.45) is -3.65. The van der Waals surface area contributed by atoms with Gasteiger partial charge in [-0.3, -0.25) is 4.98 Å². The van der Waals surface area contributed by atoms with Gasteiger partial charge in [0.2, 0.25) is 5.54 Å². The molecule has 0 saturated carbocycles. The zero-order valence-corrected chi connectivity index (χ0v) is 11.3. The van der Waals surface area contributed by atoms with Crippen LogP contribution in [-0.4, -0.2) is 45.8 Å². The lowest BCUT2D eigenvalue weighted by molar-refractivity contribution is -0.203. The summed E-state index contributed by atoms with van der Waals surface area (Å²) in [4.78, 5) is 27.4. The van der Waals surface area contributed by atoms with Gasteiger partial charge in [-0.05, 0) is 19.1 Å². The second kappa shape index (κ2) is 5.98. The highest BCUT2D eigenvalue weighted by Gasteiger charge is 2.58. The van der Waals surface area contributed by atoms with Gasteiger partial charge in [0.15, 0.2) is 0 Å². The average molecular weight is 305 g/mol. The number of pyridine rings is 1. The molecule has 0 fully saturated rings. The standard InChI is InChI=1S/C12H14F3N3O3/c1-11(9(19)20,12(13,14)15)17-10(21)18(2)7-8-5-3-4-6-16-8/h3-6H,7H2,1-2H3,(H,17,21)(H,19,20). The summed E-state index contributed by atoms with van der Waals surface area (Å²) >= 11 is 0. The van der Waals surface area contributed by atoms with E-state index in [1.165, 1.54) is 18.6 Å². The minimum absolute atomic E-state index is 0.0553. The monoisotopic (exact) mass is 305 g/mol. The Balaban J connectivity index is 2.81. The molecule has 0 aliphatic rings. The number of nitrogens with zero attached hydrogens (tertiary/aromatic N) is 2. The van der Waals surface area contributed by atoms with E-state index in [1.807, 2.05) is 0 Å². The van der Waals surface area contributed by atoms with E-state index in [2.05, 4.69) is 4.98 Å². The highest BCUT2D eigenvalue weighted by molar-refractivity contribution is 5.86. The van der Waals surface area contributed by atoms with Crippen LogP contribution >= 0.6 is 0 Å². The molecule has 1 unspecified atom stereocenters. The van der Waals surface area contributed by atoms with Crippen molar-refractivity contribution < 1.29 is 27.9 Å². The van der Waals surface area contributed by atoms with E-state index in [1.54, 1.807) is 18.2 Å². The fourth-order valence-electron chi connectivity index (χ4n) is 1.36. The Morgan fingerprint density at radius 2 is 2.00 bits per heavy atom. The molecule has 1 atom stereocenters. The number of hydrogen-bond acceptors (Lipinski definition) is 3. The van der Waals surface area contributed by atoms with Crippen LogP contribution in [0.5, 0.6) is 0 Å². The number of rotatable bonds is 4. The van der Waals surface area contributed by atoms with Crippen molar-refractivity contribution in [2.75, 3.05) is 7.05 Å². The number of carboxylic acid groups (broad SMARTS) is 1. The van der Waals surface area contributed by atoms with Crippen molar-refractivity contribution in [3.63, 3.8) is 0 Å². The van der Waals surface area contributed by atoms with Crippen LogP contribution in [0.15, 0.2) is 24.4 Å². The van der Waals surface area contributed by atoms with Crippen LogP contribution in [0.25, 0.3) is 0 Å². The molecule has 6 nitrogen and oxygen atoms in total. The molecule has 1 aromatic heterocycles. The van der Waals surface area contributed by atoms with Gasteiger partial charge in [-0.15, -0.1) is 0 Å². The number of aliphatic carboxylic acids is 1. The van der Waals surface area contributed by atoms with Crippen molar-refractivity contribution >= 4 is 12.0 Å². The Bertz CT molecular complexity index is 521. The number of amides is 2. The van der Waals surface area contributed by atoms with E-state index >= 15 is 0 Å². The topological polar surface area (TPSA) is 82.5 Å². The summed E-state index contributed by atoms with van der Waals surface area (Å²) in [6, 6.07) is 3.73. The van der Waals surface area contributed by atoms with Crippen molar-refractivity contribution in [3.8, 4) is 0 Å². The van der Waals surface area contributed by atoms with E-state index < -0.39 is 23.7 Å². The Kier molecular flexibility index (Phi) is 4.77. The first kappa shape index (κ1) is 16.7. The van der Waals surface area contributed by atoms with Crippen molar-refractivity contribution in [3.05, 3.63) is 30.1 Å². The van der Waals surface area contributed by atoms with E-state index in [9.17, 15) is 22.8 Å². The van der Waals surface area contributed by atoms with E-state index in [0.717, 1.165) is 4.90 Å². The van der Waals surface area contributed by atoms with E-state index in [0.29, 0.717) is 12.6 Å². The van der Waals surface area contributed by atoms with Gasteiger partial charge in [-0.2, -0.15) is 13.2 Å². The number of aromatic nitrogens is 1. The summed E-state index contributed by atoms with van der Waals surface area (Å²) in [7, 11) is 1.24. The number of hydrogen-bond donors (Lipinski definition) is 2. The molecule has 9 heteroatoms. The predicted molar refractivity (Wildman–Crippen MR) is 66.3 cm³/mol. The normalized spacial score (nSPS) is 14.1. The van der Waals surface area contributed by atoms with Gasteiger partial charge in [0.05, 0.1) is 12.2 Å². The summed E-state index contributed by atoms with van der Waals surface area (Å²) in [5, 5.41) is 10.2. The van der Waals surface area contributed by atoms with Crippen LogP contribution in [0.2, 0.25) is 0 Å². The van der Waals surface area contributed by atoms with Gasteiger partial charge in [-0.1, -0.05) is 6.07 Å². The predicted octanol–water partition coefficient (Wildman–Crippen LogP) is 1.63. The fraction of sp³-hybridized carbons (Fsp3) is 0.417. The number of urea groups is 1. The molecule has 21 heavy (non-hydrogen) atoms. The number of carboxylic acids is 1. The summed E-state index contributed by atoms with van der Waals surface area (Å²) < 4.78 is 38.3. The summed E-state index contributed by atoms with van der Waals surface area (Å²) in [5.41, 5.74) is -2.90. The van der Waals surface area contributed by atoms with Gasteiger partial charge in [0.1, 0.15) is 0 Å². The Labute approximate surface area is 118 Å². The molecule has 2 N–H and O–H groups in total. The zero-order valence-electron chi connectivity index (χ0n) is 11.3. The smallest absolute Gasteiger partial charge is 0.422 e. The van der Waals surface area contributed by atoms with Crippen LogP contribution in [0.1, 0.15) is 12.6 Å². The molecule has 0 saturated heterocycles. The molecular weight excluding hydrogens is 291 g/mol. The molecule has 1 heterocycles. The Hall–Kier alpha value is -2.32. The van der Waals surface area contributed by atoms with Crippen molar-refractivity contribution in [1.29, 1.82) is 0 Å². The Morgan fingerprint density at radius 1 is 1.38 bits per heavy atom. The first-order chi connectivity index (χ1) is 9.58. The first-order valence-electron chi connectivity index (χ1n) is 5.81. The van der Waals surface area contributed by atoms with E-state index in [4.69, 9.17) is 5.11 Å². The third-order valence-corrected chi connectivity index (χ3v) is 2.82. The Morgan fingerprint density at radius 3 is 2.43 bits per heavy atom. The zero-order chi connectivity index (χ0) is 16.3. The lowest BCUT2D eigenvalue weighted by atomic mass is 10.0. The minimum Gasteiger partial charge on any atom is -0.479 e. The number of alkyl halides is 3. The lowest BCUT2D eigenvalue weighted by Crippen LogP contribution is -2.63. The number of carbonyl (C=O) groups is 2. The average Bonchev–Trinajstić information content (AvgIpc) is 2.38. The van der Waals surface area contributed by atoms with Crippen LogP contribution in [0.4, 0.5) is 18.0 Å². The molecule has 0 aliphatic carbocycles. The maximum Gasteiger partial charge on any atom is 0.422 e. The second-order valence-electron chi connectivity index (χ2n) is 4.54.